The molecule has 2 N–H and O–H groups in total. The molecule has 8 nitrogen and oxygen atoms in total. The van der Waals surface area contributed by atoms with Gasteiger partial charge in [0.15, 0.2) is 5.69 Å². The van der Waals surface area contributed by atoms with Crippen molar-refractivity contribution in [1.82, 2.24) is 30.0 Å². The Hall–Kier alpha value is -3.62. The molecule has 0 aliphatic carbocycles. The number of nitrogens with one attached hydrogen (secondary N) is 2. The van der Waals surface area contributed by atoms with Crippen LogP contribution in [-0.4, -0.2) is 62.1 Å². The highest BCUT2D eigenvalue weighted by atomic mass is 16.1. The number of fused-ring (bicyclic) bond motifs is 1. The highest BCUT2D eigenvalue weighted by molar-refractivity contribution is 6.11. The van der Waals surface area contributed by atoms with Crippen molar-refractivity contribution in [3.63, 3.8) is 0 Å². The zero-order valence-electron chi connectivity index (χ0n) is 21.3. The van der Waals surface area contributed by atoms with E-state index in [0.717, 1.165) is 72.9 Å². The first kappa shape index (κ1) is 23.8. The van der Waals surface area contributed by atoms with Crippen LogP contribution < -0.4 is 5.32 Å². The summed E-state index contributed by atoms with van der Waals surface area (Å²) in [5.41, 5.74) is 6.13. The number of likely N-dealkylation sites (tertiary alicyclic amines) is 2. The molecule has 190 valence electrons. The molecule has 5 heterocycles. The third-order valence-electron chi connectivity index (χ3n) is 7.61. The lowest BCUT2D eigenvalue weighted by molar-refractivity contribution is 0.102. The first-order valence-electron chi connectivity index (χ1n) is 13.2. The second-order valence-corrected chi connectivity index (χ2v) is 10.5. The van der Waals surface area contributed by atoms with E-state index in [1.165, 1.54) is 24.8 Å². The van der Waals surface area contributed by atoms with E-state index >= 15 is 0 Å². The molecule has 3 aromatic heterocycles. The quantitative estimate of drug-likeness (QED) is 0.386. The summed E-state index contributed by atoms with van der Waals surface area (Å²) in [6.45, 7) is 8.65. The van der Waals surface area contributed by atoms with Crippen molar-refractivity contribution in [3.05, 3.63) is 71.9 Å². The van der Waals surface area contributed by atoms with Gasteiger partial charge in [0, 0.05) is 36.4 Å². The Morgan fingerprint density at radius 1 is 0.973 bits per heavy atom. The molecule has 2 aliphatic heterocycles. The minimum absolute atomic E-state index is 0.258. The molecule has 1 aromatic carbocycles. The Bertz CT molecular complexity index is 1390. The number of hydrogen-bond donors (Lipinski definition) is 2. The average molecular weight is 496 g/mol. The van der Waals surface area contributed by atoms with Crippen molar-refractivity contribution in [3.8, 4) is 11.1 Å². The molecule has 0 radical (unpaired) electrons. The van der Waals surface area contributed by atoms with Crippen LogP contribution in [0.4, 0.5) is 5.69 Å². The monoisotopic (exact) mass is 495 g/mol. The predicted molar refractivity (Wildman–Crippen MR) is 145 cm³/mol. The van der Waals surface area contributed by atoms with E-state index in [9.17, 15) is 4.79 Å². The molecular weight excluding hydrogens is 462 g/mol. The Kier molecular flexibility index (Phi) is 6.68. The van der Waals surface area contributed by atoms with Gasteiger partial charge in [-0.15, -0.1) is 0 Å². The summed E-state index contributed by atoms with van der Waals surface area (Å²) in [6.07, 6.45) is 9.33. The predicted octanol–water partition coefficient (Wildman–Crippen LogP) is 4.71. The minimum atomic E-state index is -0.258. The SMILES string of the molecule is CC1CCN(Cc2cncc(-c3ccc4[nH]nc(C(=O)Nc5ccc(CN6CCC6)nc5)c4c3)c2)CC1. The lowest BCUT2D eigenvalue weighted by Gasteiger charge is -2.30. The maximum atomic E-state index is 13.1. The molecule has 37 heavy (non-hydrogen) atoms. The summed E-state index contributed by atoms with van der Waals surface area (Å²) < 4.78 is 0. The molecule has 1 amide bonds. The van der Waals surface area contributed by atoms with E-state index in [2.05, 4.69) is 48.3 Å². The van der Waals surface area contributed by atoms with Crippen molar-refractivity contribution in [1.29, 1.82) is 0 Å². The summed E-state index contributed by atoms with van der Waals surface area (Å²) in [5.74, 6) is 0.562. The molecule has 0 unspecified atom stereocenters. The number of H-pyrrole nitrogens is 1. The van der Waals surface area contributed by atoms with E-state index < -0.39 is 0 Å². The van der Waals surface area contributed by atoms with Gasteiger partial charge in [-0.25, -0.2) is 0 Å². The normalized spacial score (nSPS) is 17.1. The van der Waals surface area contributed by atoms with Gasteiger partial charge >= 0.3 is 0 Å². The minimum Gasteiger partial charge on any atom is -0.319 e. The Balaban J connectivity index is 1.17. The van der Waals surface area contributed by atoms with Gasteiger partial charge in [0.05, 0.1) is 23.1 Å². The van der Waals surface area contributed by atoms with Gasteiger partial charge in [0.1, 0.15) is 0 Å². The summed E-state index contributed by atoms with van der Waals surface area (Å²) >= 11 is 0. The summed E-state index contributed by atoms with van der Waals surface area (Å²) in [4.78, 5) is 27.0. The Morgan fingerprint density at radius 2 is 1.81 bits per heavy atom. The van der Waals surface area contributed by atoms with Crippen LogP contribution >= 0.6 is 0 Å². The number of aromatic nitrogens is 4. The maximum absolute atomic E-state index is 13.1. The summed E-state index contributed by atoms with van der Waals surface area (Å²) in [6, 6.07) is 12.1. The molecule has 2 fully saturated rings. The number of piperidine rings is 1. The molecule has 8 heteroatoms. The van der Waals surface area contributed by atoms with Gasteiger partial charge in [0.25, 0.3) is 5.91 Å². The summed E-state index contributed by atoms with van der Waals surface area (Å²) in [7, 11) is 0. The zero-order chi connectivity index (χ0) is 25.2. The Labute approximate surface area is 217 Å². The highest BCUT2D eigenvalue weighted by Gasteiger charge is 2.18. The lowest BCUT2D eigenvalue weighted by Crippen LogP contribution is -2.36. The fourth-order valence-corrected chi connectivity index (χ4v) is 5.13. The Morgan fingerprint density at radius 3 is 2.57 bits per heavy atom. The smallest absolute Gasteiger partial charge is 0.276 e. The van der Waals surface area contributed by atoms with Crippen LogP contribution in [0, 0.1) is 5.92 Å². The number of hydrogen-bond acceptors (Lipinski definition) is 6. The maximum Gasteiger partial charge on any atom is 0.276 e. The highest BCUT2D eigenvalue weighted by Crippen LogP contribution is 2.27. The number of benzene rings is 1. The van der Waals surface area contributed by atoms with E-state index in [1.807, 2.05) is 42.7 Å². The number of nitrogens with zero attached hydrogens (tertiary/aromatic N) is 5. The number of amides is 1. The van der Waals surface area contributed by atoms with Crippen molar-refractivity contribution >= 4 is 22.5 Å². The van der Waals surface area contributed by atoms with E-state index in [0.29, 0.717) is 11.4 Å². The fraction of sp³-hybridized carbons (Fsp3) is 0.379. The van der Waals surface area contributed by atoms with Gasteiger partial charge in [-0.05, 0) is 92.8 Å². The van der Waals surface area contributed by atoms with Crippen LogP contribution in [0.25, 0.3) is 22.0 Å². The number of rotatable bonds is 7. The van der Waals surface area contributed by atoms with Crippen LogP contribution in [0.3, 0.4) is 0 Å². The van der Waals surface area contributed by atoms with Crippen LogP contribution in [-0.2, 0) is 13.1 Å². The van der Waals surface area contributed by atoms with Gasteiger partial charge in [-0.1, -0.05) is 13.0 Å². The largest absolute Gasteiger partial charge is 0.319 e. The van der Waals surface area contributed by atoms with E-state index in [4.69, 9.17) is 0 Å². The molecule has 2 saturated heterocycles. The van der Waals surface area contributed by atoms with Gasteiger partial charge in [0.2, 0.25) is 0 Å². The van der Waals surface area contributed by atoms with Crippen molar-refractivity contribution in [2.24, 2.45) is 5.92 Å². The van der Waals surface area contributed by atoms with E-state index in [-0.39, 0.29) is 5.91 Å². The zero-order valence-corrected chi connectivity index (χ0v) is 21.3. The van der Waals surface area contributed by atoms with Crippen LogP contribution in [0.15, 0.2) is 55.0 Å². The fourth-order valence-electron chi connectivity index (χ4n) is 5.13. The second kappa shape index (κ2) is 10.4. The van der Waals surface area contributed by atoms with Gasteiger partial charge < -0.3 is 5.32 Å². The second-order valence-electron chi connectivity index (χ2n) is 10.5. The van der Waals surface area contributed by atoms with Crippen molar-refractivity contribution in [2.75, 3.05) is 31.5 Å². The van der Waals surface area contributed by atoms with Crippen molar-refractivity contribution < 1.29 is 4.79 Å². The molecule has 2 aliphatic rings. The van der Waals surface area contributed by atoms with Crippen LogP contribution in [0.1, 0.15) is 47.9 Å². The number of pyridine rings is 2. The lowest BCUT2D eigenvalue weighted by atomic mass is 9.98. The van der Waals surface area contributed by atoms with Crippen LogP contribution in [0.2, 0.25) is 0 Å². The molecule has 0 atom stereocenters. The topological polar surface area (TPSA) is 90.0 Å². The number of anilines is 1. The number of carbonyl (C=O) groups excluding carboxylic acids is 1. The third kappa shape index (κ3) is 5.40. The first-order valence-corrected chi connectivity index (χ1v) is 13.2. The first-order chi connectivity index (χ1) is 18.1. The average Bonchev–Trinajstić information content (AvgIpc) is 3.32. The number of carbonyl (C=O) groups is 1. The molecule has 0 saturated carbocycles. The molecule has 0 bridgehead atoms. The standard InChI is InChI=1S/C29H33N7O/c1-20-7-11-36(12-8-20)18-21-13-23(16-30-15-21)22-3-6-27-26(14-22)28(34-33-27)29(37)32-24-4-5-25(31-17-24)19-35-9-2-10-35/h3-6,13-17,20H,2,7-12,18-19H2,1H3,(H,32,37)(H,33,34). The molecule has 6 rings (SSSR count). The van der Waals surface area contributed by atoms with E-state index in [1.54, 1.807) is 6.20 Å². The molecular formula is C29H33N7O. The summed E-state index contributed by atoms with van der Waals surface area (Å²) in [5, 5.41) is 11.0. The number of aromatic amines is 1. The molecule has 0 spiro atoms. The molecule has 4 aromatic rings. The van der Waals surface area contributed by atoms with Crippen molar-refractivity contribution in [2.45, 2.75) is 39.3 Å². The van der Waals surface area contributed by atoms with Gasteiger partial charge in [-0.3, -0.25) is 29.7 Å². The third-order valence-corrected chi connectivity index (χ3v) is 7.61. The van der Waals surface area contributed by atoms with Gasteiger partial charge in [-0.2, -0.15) is 5.10 Å². The van der Waals surface area contributed by atoms with Crippen LogP contribution in [0.5, 0.6) is 0 Å².